The first-order chi connectivity index (χ1) is 12.4. The summed E-state index contributed by atoms with van der Waals surface area (Å²) in [6.45, 7) is 7.22. The predicted octanol–water partition coefficient (Wildman–Crippen LogP) is 4.75. The Hall–Kier alpha value is -2.05. The molecule has 0 aliphatic carbocycles. The maximum Gasteiger partial charge on any atom is 0.133 e. The molecular formula is C20H20FN3OS. The highest BCUT2D eigenvalue weighted by molar-refractivity contribution is 7.17. The fourth-order valence-corrected chi connectivity index (χ4v) is 5.61. The smallest absolute Gasteiger partial charge is 0.133 e. The molecule has 4 heterocycles. The van der Waals surface area contributed by atoms with E-state index in [1.807, 2.05) is 11.4 Å². The van der Waals surface area contributed by atoms with Gasteiger partial charge in [0.15, 0.2) is 0 Å². The average Bonchev–Trinajstić information content (AvgIpc) is 3.19. The highest BCUT2D eigenvalue weighted by Gasteiger charge is 2.53. The molecule has 2 atom stereocenters. The van der Waals surface area contributed by atoms with Crippen molar-refractivity contribution in [1.29, 1.82) is 0 Å². The van der Waals surface area contributed by atoms with Gasteiger partial charge in [0.2, 0.25) is 0 Å². The van der Waals surface area contributed by atoms with Gasteiger partial charge in [-0.3, -0.25) is 0 Å². The van der Waals surface area contributed by atoms with Gasteiger partial charge < -0.3 is 10.1 Å². The number of thiophene rings is 1. The van der Waals surface area contributed by atoms with Gasteiger partial charge in [0.05, 0.1) is 21.9 Å². The first kappa shape index (κ1) is 16.1. The van der Waals surface area contributed by atoms with Crippen LogP contribution >= 0.6 is 11.3 Å². The summed E-state index contributed by atoms with van der Waals surface area (Å²) in [6.07, 6.45) is 4.29. The van der Waals surface area contributed by atoms with Gasteiger partial charge in [-0.25, -0.2) is 14.4 Å². The number of rotatable bonds is 1. The maximum absolute atomic E-state index is 15.1. The van der Waals surface area contributed by atoms with Crippen LogP contribution in [-0.4, -0.2) is 28.2 Å². The van der Waals surface area contributed by atoms with E-state index in [2.05, 4.69) is 36.1 Å². The number of hydrogen-bond acceptors (Lipinski definition) is 5. The number of aromatic nitrogens is 2. The van der Waals surface area contributed by atoms with E-state index in [9.17, 15) is 0 Å². The fraction of sp³-hybridized carbons (Fsp3) is 0.400. The van der Waals surface area contributed by atoms with Crippen molar-refractivity contribution in [3.8, 4) is 11.1 Å². The zero-order valence-electron chi connectivity index (χ0n) is 15.0. The molecule has 2 aliphatic rings. The molecule has 2 aliphatic heterocycles. The van der Waals surface area contributed by atoms with Gasteiger partial charge >= 0.3 is 0 Å². The Kier molecular flexibility index (Phi) is 3.25. The molecule has 2 unspecified atom stereocenters. The summed E-state index contributed by atoms with van der Waals surface area (Å²) in [5.74, 6) is -0.230. The summed E-state index contributed by atoms with van der Waals surface area (Å²) >= 11 is 1.54. The summed E-state index contributed by atoms with van der Waals surface area (Å²) < 4.78 is 22.1. The highest BCUT2D eigenvalue weighted by atomic mass is 32.1. The third-order valence-corrected chi connectivity index (χ3v) is 6.75. The van der Waals surface area contributed by atoms with Crippen LogP contribution in [0.1, 0.15) is 32.8 Å². The van der Waals surface area contributed by atoms with Gasteiger partial charge in [0, 0.05) is 40.4 Å². The highest BCUT2D eigenvalue weighted by Crippen LogP contribution is 2.51. The molecule has 6 heteroatoms. The van der Waals surface area contributed by atoms with E-state index in [-0.39, 0.29) is 22.9 Å². The molecule has 4 nitrogen and oxygen atoms in total. The van der Waals surface area contributed by atoms with Crippen molar-refractivity contribution in [1.82, 2.24) is 9.97 Å². The second kappa shape index (κ2) is 5.24. The number of benzene rings is 1. The van der Waals surface area contributed by atoms with Crippen LogP contribution in [0.4, 0.5) is 10.1 Å². The van der Waals surface area contributed by atoms with Crippen LogP contribution in [0.25, 0.3) is 21.3 Å². The molecule has 0 saturated carbocycles. The van der Waals surface area contributed by atoms with E-state index in [0.717, 1.165) is 40.1 Å². The normalized spacial score (nSPS) is 26.4. The van der Waals surface area contributed by atoms with Crippen LogP contribution in [-0.2, 0) is 10.2 Å². The van der Waals surface area contributed by atoms with Crippen molar-refractivity contribution >= 4 is 27.2 Å². The number of nitrogens with one attached hydrogen (secondary N) is 1. The SMILES string of the molecule is CC1(C)Nc2cc(F)c(-c3csc4cncnc34)cc2C2(C)CCOC12. The van der Waals surface area contributed by atoms with E-state index < -0.39 is 0 Å². The molecule has 5 rings (SSSR count). The molecule has 1 N–H and O–H groups in total. The second-order valence-electron chi connectivity index (χ2n) is 8.03. The molecule has 0 bridgehead atoms. The van der Waals surface area contributed by atoms with Gasteiger partial charge in [-0.1, -0.05) is 6.92 Å². The van der Waals surface area contributed by atoms with Gasteiger partial charge in [-0.05, 0) is 38.0 Å². The number of nitrogens with zero attached hydrogens (tertiary/aromatic N) is 2. The van der Waals surface area contributed by atoms with Gasteiger partial charge in [-0.2, -0.15) is 0 Å². The molecule has 0 spiro atoms. The van der Waals surface area contributed by atoms with E-state index in [0.29, 0.717) is 5.56 Å². The summed E-state index contributed by atoms with van der Waals surface area (Å²) in [5.41, 5.74) is 3.86. The molecule has 1 saturated heterocycles. The lowest BCUT2D eigenvalue weighted by atomic mass is 9.66. The largest absolute Gasteiger partial charge is 0.377 e. The molecule has 2 aromatic heterocycles. The maximum atomic E-state index is 15.1. The van der Waals surface area contributed by atoms with Crippen LogP contribution in [0.3, 0.4) is 0 Å². The van der Waals surface area contributed by atoms with Crippen molar-refractivity contribution in [3.05, 3.63) is 41.4 Å². The Morgan fingerprint density at radius 2 is 2.12 bits per heavy atom. The van der Waals surface area contributed by atoms with Gasteiger partial charge in [0.25, 0.3) is 0 Å². The van der Waals surface area contributed by atoms with E-state index in [1.165, 1.54) is 6.33 Å². The second-order valence-corrected chi connectivity index (χ2v) is 8.94. The molecular weight excluding hydrogens is 349 g/mol. The fourth-order valence-electron chi connectivity index (χ4n) is 4.73. The lowest BCUT2D eigenvalue weighted by Crippen LogP contribution is -2.56. The molecule has 134 valence electrons. The molecule has 0 amide bonds. The monoisotopic (exact) mass is 369 g/mol. The van der Waals surface area contributed by atoms with Gasteiger partial charge in [0.1, 0.15) is 12.1 Å². The van der Waals surface area contributed by atoms with Crippen LogP contribution < -0.4 is 5.32 Å². The van der Waals surface area contributed by atoms with Crippen LogP contribution in [0.5, 0.6) is 0 Å². The first-order valence-electron chi connectivity index (χ1n) is 8.81. The summed E-state index contributed by atoms with van der Waals surface area (Å²) in [4.78, 5) is 8.43. The minimum absolute atomic E-state index is 0.0577. The zero-order valence-corrected chi connectivity index (χ0v) is 15.8. The third-order valence-electron chi connectivity index (χ3n) is 5.85. The Morgan fingerprint density at radius 3 is 2.96 bits per heavy atom. The van der Waals surface area contributed by atoms with Crippen molar-refractivity contribution in [2.75, 3.05) is 11.9 Å². The summed E-state index contributed by atoms with van der Waals surface area (Å²) in [7, 11) is 0. The lowest BCUT2D eigenvalue weighted by molar-refractivity contribution is 0.0352. The van der Waals surface area contributed by atoms with Gasteiger partial charge in [-0.15, -0.1) is 11.3 Å². The Balaban J connectivity index is 1.74. The van der Waals surface area contributed by atoms with E-state index in [1.54, 1.807) is 23.6 Å². The lowest BCUT2D eigenvalue weighted by Gasteiger charge is -2.48. The number of anilines is 1. The molecule has 1 aromatic carbocycles. The molecule has 0 radical (unpaired) electrons. The number of fused-ring (bicyclic) bond motifs is 4. The topological polar surface area (TPSA) is 47.0 Å². The minimum Gasteiger partial charge on any atom is -0.377 e. The van der Waals surface area contributed by atoms with Crippen LogP contribution in [0, 0.1) is 5.82 Å². The summed E-state index contributed by atoms with van der Waals surface area (Å²) in [5, 5.41) is 5.46. The molecule has 3 aromatic rings. The van der Waals surface area contributed by atoms with E-state index in [4.69, 9.17) is 4.74 Å². The number of ether oxygens (including phenoxy) is 1. The number of hydrogen-bond donors (Lipinski definition) is 1. The van der Waals surface area contributed by atoms with Crippen molar-refractivity contribution in [2.24, 2.45) is 0 Å². The van der Waals surface area contributed by atoms with Crippen LogP contribution in [0.15, 0.2) is 30.0 Å². The Morgan fingerprint density at radius 1 is 1.27 bits per heavy atom. The minimum atomic E-state index is -0.242. The van der Waals surface area contributed by atoms with E-state index >= 15 is 4.39 Å². The average molecular weight is 369 g/mol. The molecule has 26 heavy (non-hydrogen) atoms. The first-order valence-corrected chi connectivity index (χ1v) is 9.69. The van der Waals surface area contributed by atoms with Crippen molar-refractivity contribution < 1.29 is 9.13 Å². The standard InChI is InChI=1S/C20H20FN3OS/c1-19(2)18-20(3,4-5-25-18)13-6-11(14(21)7-15(13)24-19)12-9-26-16-8-22-10-23-17(12)16/h6-10,18,24H,4-5H2,1-3H3. The molecule has 1 fully saturated rings. The van der Waals surface area contributed by atoms with Crippen LogP contribution in [0.2, 0.25) is 0 Å². The Labute approximate surface area is 155 Å². The number of halogens is 1. The predicted molar refractivity (Wildman–Crippen MR) is 102 cm³/mol. The summed E-state index contributed by atoms with van der Waals surface area (Å²) in [6, 6.07) is 3.63. The van der Waals surface area contributed by atoms with Crippen molar-refractivity contribution in [3.63, 3.8) is 0 Å². The quantitative estimate of drug-likeness (QED) is 0.672. The third kappa shape index (κ3) is 2.09. The zero-order chi connectivity index (χ0) is 18.1. The Bertz CT molecular complexity index is 1030. The van der Waals surface area contributed by atoms with Crippen molar-refractivity contribution in [2.45, 2.75) is 44.2 Å².